The molecule has 2 aromatic carbocycles. The van der Waals surface area contributed by atoms with Crippen molar-refractivity contribution in [1.82, 2.24) is 9.80 Å². The number of Topliss-reactive ketones (excluding diaryl/α,β-unsaturated/α-hetero) is 1. The SMILES string of the molecule is COc1ccc(C(O)=C2C(=O)C(=O)N(CCN3CCOCC3)[C@H]2c2ccc(F)cc2)cc1Cl. The van der Waals surface area contributed by atoms with Crippen LogP contribution in [-0.2, 0) is 14.3 Å². The molecule has 2 aliphatic rings. The van der Waals surface area contributed by atoms with E-state index in [4.69, 9.17) is 21.1 Å². The van der Waals surface area contributed by atoms with Crippen LogP contribution in [0.25, 0.3) is 5.76 Å². The average molecular weight is 475 g/mol. The van der Waals surface area contributed by atoms with Gasteiger partial charge in [-0.2, -0.15) is 0 Å². The van der Waals surface area contributed by atoms with Gasteiger partial charge in [-0.25, -0.2) is 4.39 Å². The van der Waals surface area contributed by atoms with Crippen LogP contribution in [-0.4, -0.2) is 73.1 Å². The standard InChI is InChI=1S/C24H24ClFN2O5/c1-32-19-7-4-16(14-18(19)25)22(29)20-21(15-2-5-17(26)6-3-15)28(24(31)23(20)30)9-8-27-10-12-33-13-11-27/h2-7,14,21,29H,8-13H2,1H3/t21-/m0/s1. The highest BCUT2D eigenvalue weighted by molar-refractivity contribution is 6.46. The summed E-state index contributed by atoms with van der Waals surface area (Å²) in [6.45, 7) is 3.50. The number of ether oxygens (including phenoxy) is 2. The molecule has 0 radical (unpaired) electrons. The van der Waals surface area contributed by atoms with Crippen molar-refractivity contribution in [3.63, 3.8) is 0 Å². The third-order valence-corrected chi connectivity index (χ3v) is 6.21. The molecule has 4 rings (SSSR count). The summed E-state index contributed by atoms with van der Waals surface area (Å²) in [6, 6.07) is 9.31. The summed E-state index contributed by atoms with van der Waals surface area (Å²) in [6.07, 6.45) is 0. The number of halogens is 2. The highest BCUT2D eigenvalue weighted by atomic mass is 35.5. The Morgan fingerprint density at radius 1 is 1.15 bits per heavy atom. The second kappa shape index (κ2) is 9.91. The van der Waals surface area contributed by atoms with Gasteiger partial charge in [-0.05, 0) is 35.9 Å². The van der Waals surface area contributed by atoms with E-state index in [2.05, 4.69) is 4.90 Å². The largest absolute Gasteiger partial charge is 0.507 e. The Hall–Kier alpha value is -2.94. The monoisotopic (exact) mass is 474 g/mol. The summed E-state index contributed by atoms with van der Waals surface area (Å²) in [7, 11) is 1.47. The van der Waals surface area contributed by atoms with E-state index in [1.54, 1.807) is 12.1 Å². The van der Waals surface area contributed by atoms with Crippen LogP contribution in [0.1, 0.15) is 17.2 Å². The number of ketones is 1. The number of benzene rings is 2. The van der Waals surface area contributed by atoms with Gasteiger partial charge in [0.05, 0.1) is 37.0 Å². The molecule has 0 spiro atoms. The van der Waals surface area contributed by atoms with Crippen LogP contribution in [0, 0.1) is 5.82 Å². The molecule has 0 unspecified atom stereocenters. The quantitative estimate of drug-likeness (QED) is 0.393. The Balaban J connectivity index is 1.74. The Labute approximate surface area is 195 Å². The predicted molar refractivity (Wildman–Crippen MR) is 121 cm³/mol. The second-order valence-electron chi connectivity index (χ2n) is 7.85. The number of nitrogens with zero attached hydrogens (tertiary/aromatic N) is 2. The van der Waals surface area contributed by atoms with Gasteiger partial charge in [0.15, 0.2) is 0 Å². The minimum atomic E-state index is -0.854. The van der Waals surface area contributed by atoms with Crippen molar-refractivity contribution in [2.24, 2.45) is 0 Å². The van der Waals surface area contributed by atoms with Gasteiger partial charge in [0.1, 0.15) is 17.3 Å². The molecule has 0 aliphatic carbocycles. The van der Waals surface area contributed by atoms with Crippen molar-refractivity contribution in [2.75, 3.05) is 46.5 Å². The van der Waals surface area contributed by atoms with Crippen molar-refractivity contribution in [2.45, 2.75) is 6.04 Å². The van der Waals surface area contributed by atoms with Gasteiger partial charge >= 0.3 is 0 Å². The number of aliphatic hydroxyl groups excluding tert-OH is 1. The third-order valence-electron chi connectivity index (χ3n) is 5.91. The lowest BCUT2D eigenvalue weighted by Gasteiger charge is -2.31. The second-order valence-corrected chi connectivity index (χ2v) is 8.25. The molecule has 0 saturated carbocycles. The number of morpholine rings is 1. The zero-order valence-electron chi connectivity index (χ0n) is 18.1. The Bertz CT molecular complexity index is 1080. The number of rotatable bonds is 6. The van der Waals surface area contributed by atoms with Gasteiger partial charge in [0.25, 0.3) is 11.7 Å². The molecule has 2 fully saturated rings. The molecule has 1 N–H and O–H groups in total. The zero-order valence-corrected chi connectivity index (χ0v) is 18.8. The first-order chi connectivity index (χ1) is 15.9. The fraction of sp³-hybridized carbons (Fsp3) is 0.333. The number of methoxy groups -OCH3 is 1. The number of aliphatic hydroxyl groups is 1. The van der Waals surface area contributed by atoms with Gasteiger partial charge in [-0.1, -0.05) is 23.7 Å². The van der Waals surface area contributed by atoms with Gasteiger partial charge < -0.3 is 19.5 Å². The molecule has 2 saturated heterocycles. The summed E-state index contributed by atoms with van der Waals surface area (Å²) >= 11 is 6.20. The first-order valence-corrected chi connectivity index (χ1v) is 11.0. The van der Waals surface area contributed by atoms with Crippen LogP contribution >= 0.6 is 11.6 Å². The summed E-state index contributed by atoms with van der Waals surface area (Å²) < 4.78 is 24.1. The smallest absolute Gasteiger partial charge is 0.295 e. The van der Waals surface area contributed by atoms with Crippen LogP contribution in [0.3, 0.4) is 0 Å². The van der Waals surface area contributed by atoms with Gasteiger partial charge in [-0.15, -0.1) is 0 Å². The molecular weight excluding hydrogens is 451 g/mol. The minimum absolute atomic E-state index is 0.0604. The van der Waals surface area contributed by atoms with Crippen molar-refractivity contribution in [1.29, 1.82) is 0 Å². The molecule has 2 heterocycles. The number of amides is 1. The fourth-order valence-corrected chi connectivity index (χ4v) is 4.40. The minimum Gasteiger partial charge on any atom is -0.507 e. The molecular formula is C24H24ClFN2O5. The summed E-state index contributed by atoms with van der Waals surface area (Å²) in [5, 5.41) is 11.3. The van der Waals surface area contributed by atoms with E-state index in [-0.39, 0.29) is 28.5 Å². The molecule has 0 aromatic heterocycles. The zero-order chi connectivity index (χ0) is 23.5. The molecule has 2 aromatic rings. The maximum absolute atomic E-state index is 13.6. The number of carbonyl (C=O) groups excluding carboxylic acids is 2. The number of likely N-dealkylation sites (tertiary alicyclic amines) is 1. The molecule has 33 heavy (non-hydrogen) atoms. The van der Waals surface area contributed by atoms with Crippen molar-refractivity contribution in [3.05, 3.63) is 70.0 Å². The van der Waals surface area contributed by atoms with E-state index in [0.717, 1.165) is 13.1 Å². The first-order valence-electron chi connectivity index (χ1n) is 10.6. The van der Waals surface area contributed by atoms with E-state index in [1.165, 1.54) is 42.3 Å². The maximum atomic E-state index is 13.6. The van der Waals surface area contributed by atoms with E-state index in [9.17, 15) is 19.1 Å². The summed E-state index contributed by atoms with van der Waals surface area (Å²) in [4.78, 5) is 29.7. The lowest BCUT2D eigenvalue weighted by Crippen LogP contribution is -2.42. The topological polar surface area (TPSA) is 79.3 Å². The Morgan fingerprint density at radius 2 is 1.85 bits per heavy atom. The highest BCUT2D eigenvalue weighted by Crippen LogP contribution is 2.40. The van der Waals surface area contributed by atoms with Crippen LogP contribution < -0.4 is 4.74 Å². The number of hydrogen-bond donors (Lipinski definition) is 1. The van der Waals surface area contributed by atoms with E-state index >= 15 is 0 Å². The van der Waals surface area contributed by atoms with Crippen molar-refractivity contribution >= 4 is 29.1 Å². The molecule has 2 aliphatic heterocycles. The normalized spacial score (nSPS) is 20.9. The van der Waals surface area contributed by atoms with Crippen LogP contribution in [0.4, 0.5) is 4.39 Å². The Kier molecular flexibility index (Phi) is 6.97. The van der Waals surface area contributed by atoms with Crippen LogP contribution in [0.15, 0.2) is 48.0 Å². The van der Waals surface area contributed by atoms with Crippen LogP contribution in [0.5, 0.6) is 5.75 Å². The third kappa shape index (κ3) is 4.73. The molecule has 174 valence electrons. The fourth-order valence-electron chi connectivity index (χ4n) is 4.15. The number of hydrogen-bond acceptors (Lipinski definition) is 6. The summed E-state index contributed by atoms with van der Waals surface area (Å²) in [5.74, 6) is -1.88. The number of carbonyl (C=O) groups is 2. The molecule has 1 amide bonds. The van der Waals surface area contributed by atoms with E-state index in [0.29, 0.717) is 31.1 Å². The van der Waals surface area contributed by atoms with Crippen molar-refractivity contribution in [3.8, 4) is 5.75 Å². The Morgan fingerprint density at radius 3 is 2.48 bits per heavy atom. The van der Waals surface area contributed by atoms with E-state index in [1.807, 2.05) is 0 Å². The lowest BCUT2D eigenvalue weighted by atomic mass is 9.95. The maximum Gasteiger partial charge on any atom is 0.295 e. The van der Waals surface area contributed by atoms with Gasteiger partial charge in [0, 0.05) is 31.7 Å². The molecule has 7 nitrogen and oxygen atoms in total. The molecule has 0 bridgehead atoms. The highest BCUT2D eigenvalue weighted by Gasteiger charge is 2.46. The lowest BCUT2D eigenvalue weighted by molar-refractivity contribution is -0.140. The first kappa shape index (κ1) is 23.2. The molecule has 1 atom stereocenters. The van der Waals surface area contributed by atoms with Gasteiger partial charge in [0.2, 0.25) is 0 Å². The van der Waals surface area contributed by atoms with Crippen molar-refractivity contribution < 1.29 is 28.6 Å². The predicted octanol–water partition coefficient (Wildman–Crippen LogP) is 3.24. The average Bonchev–Trinajstić information content (AvgIpc) is 3.08. The van der Waals surface area contributed by atoms with Crippen LogP contribution in [0.2, 0.25) is 5.02 Å². The molecule has 9 heteroatoms. The summed E-state index contributed by atoms with van der Waals surface area (Å²) in [5.41, 5.74) is 0.743. The van der Waals surface area contributed by atoms with E-state index < -0.39 is 23.5 Å². The van der Waals surface area contributed by atoms with Gasteiger partial charge in [-0.3, -0.25) is 14.5 Å².